The van der Waals surface area contributed by atoms with Crippen LogP contribution in [0.15, 0.2) is 60.7 Å². The lowest BCUT2D eigenvalue weighted by Crippen LogP contribution is -2.18. The highest BCUT2D eigenvalue weighted by atomic mass is 35.5. The highest BCUT2D eigenvalue weighted by Crippen LogP contribution is 2.24. The molecule has 0 fully saturated rings. The second kappa shape index (κ2) is 9.43. The molecule has 0 saturated carbocycles. The summed E-state index contributed by atoms with van der Waals surface area (Å²) in [6.07, 6.45) is 1.39. The van der Waals surface area contributed by atoms with E-state index in [1.165, 1.54) is 30.3 Å². The fourth-order valence-corrected chi connectivity index (χ4v) is 3.98. The molecule has 0 aliphatic heterocycles. The number of fused-ring (bicyclic) bond motifs is 1. The van der Waals surface area contributed by atoms with E-state index in [2.05, 4.69) is 4.98 Å². The lowest BCUT2D eigenvalue weighted by molar-refractivity contribution is 0.105. The van der Waals surface area contributed by atoms with Crippen molar-refractivity contribution in [3.05, 3.63) is 103 Å². The van der Waals surface area contributed by atoms with Gasteiger partial charge in [0.05, 0.1) is 30.8 Å². The van der Waals surface area contributed by atoms with Crippen LogP contribution in [0.1, 0.15) is 20.7 Å². The Hall–Kier alpha value is -3.07. The molecule has 8 heteroatoms. The third-order valence-electron chi connectivity index (χ3n) is 5.00. The Morgan fingerprint density at radius 2 is 1.36 bits per heavy atom. The molecule has 0 bridgehead atoms. The van der Waals surface area contributed by atoms with Gasteiger partial charge in [0.25, 0.3) is 0 Å². The van der Waals surface area contributed by atoms with Gasteiger partial charge in [-0.05, 0) is 36.4 Å². The van der Waals surface area contributed by atoms with Crippen molar-refractivity contribution in [1.82, 2.24) is 4.98 Å². The molecular weight excluding hydrogens is 502 g/mol. The van der Waals surface area contributed by atoms with Gasteiger partial charge in [-0.15, -0.1) is 0 Å². The summed E-state index contributed by atoms with van der Waals surface area (Å²) in [5, 5.41) is 13.0. The van der Waals surface area contributed by atoms with E-state index >= 15 is 0 Å². The first-order valence-corrected chi connectivity index (χ1v) is 11.0. The number of rotatable bonds is 4. The maximum Gasteiger partial charge on any atom is 0.205 e. The zero-order valence-corrected chi connectivity index (χ0v) is 19.7. The van der Waals surface area contributed by atoms with Crippen LogP contribution in [0.2, 0.25) is 20.1 Å². The Morgan fingerprint density at radius 1 is 0.788 bits per heavy atom. The number of ketones is 2. The smallest absolute Gasteiger partial charge is 0.205 e. The van der Waals surface area contributed by atoms with Crippen molar-refractivity contribution in [3.63, 3.8) is 0 Å². The number of carbonyl (C=O) groups excluding carboxylic acids is 2. The van der Waals surface area contributed by atoms with E-state index in [1.54, 1.807) is 36.4 Å². The molecule has 33 heavy (non-hydrogen) atoms. The van der Waals surface area contributed by atoms with Crippen molar-refractivity contribution in [1.29, 1.82) is 5.26 Å². The number of nitrogens with one attached hydrogen (secondary N) is 1. The average molecular weight is 514 g/mol. The minimum absolute atomic E-state index is 0.119. The molecule has 162 valence electrons. The molecule has 1 aromatic heterocycles. The van der Waals surface area contributed by atoms with Gasteiger partial charge in [-0.1, -0.05) is 70.7 Å². The molecule has 0 unspecified atom stereocenters. The molecule has 0 spiro atoms. The third-order valence-corrected chi connectivity index (χ3v) is 6.47. The van der Waals surface area contributed by atoms with Gasteiger partial charge in [0.1, 0.15) is 11.6 Å². The molecule has 4 nitrogen and oxygen atoms in total. The Bertz CT molecular complexity index is 1610. The molecule has 0 aliphatic rings. The van der Waals surface area contributed by atoms with E-state index in [0.29, 0.717) is 37.1 Å². The lowest BCUT2D eigenvalue weighted by Gasteiger charge is -2.01. The number of hydrogen-bond donors (Lipinski definition) is 1. The molecule has 3 aromatic carbocycles. The zero-order valence-electron chi connectivity index (χ0n) is 16.6. The molecule has 1 heterocycles. The summed E-state index contributed by atoms with van der Waals surface area (Å²) >= 11 is 24.0. The van der Waals surface area contributed by atoms with Gasteiger partial charge in [0.15, 0.2) is 5.78 Å². The fourth-order valence-electron chi connectivity index (χ4n) is 3.38. The number of H-pyrrole nitrogens is 1. The van der Waals surface area contributed by atoms with Crippen LogP contribution in [-0.4, -0.2) is 16.6 Å². The van der Waals surface area contributed by atoms with Gasteiger partial charge in [-0.25, -0.2) is 0 Å². The minimum atomic E-state index is -0.523. The molecule has 0 atom stereocenters. The number of halogens is 4. The number of benzene rings is 3. The van der Waals surface area contributed by atoms with E-state index in [4.69, 9.17) is 46.4 Å². The minimum Gasteiger partial charge on any atom is -0.353 e. The van der Waals surface area contributed by atoms with E-state index in [0.717, 1.165) is 0 Å². The molecule has 0 saturated heterocycles. The van der Waals surface area contributed by atoms with Crippen LogP contribution >= 0.6 is 46.4 Å². The van der Waals surface area contributed by atoms with E-state index in [9.17, 15) is 14.9 Å². The van der Waals surface area contributed by atoms with Crippen LogP contribution in [0.5, 0.6) is 0 Å². The standard InChI is InChI=1S/C25H12Cl4N2O2/c26-18-7-5-13(9-20(18)28)23(32)11-22-15-3-1-2-4-16(15)24(31-22)17(12-30)25(33)14-6-8-19(27)21(29)10-14/h1-11,31H/b22-11-,24-17-. The Kier molecular flexibility index (Phi) is 6.60. The summed E-state index contributed by atoms with van der Waals surface area (Å²) in [5.74, 6) is -0.841. The molecule has 0 radical (unpaired) electrons. The van der Waals surface area contributed by atoms with Crippen molar-refractivity contribution in [2.45, 2.75) is 0 Å². The largest absolute Gasteiger partial charge is 0.353 e. The summed E-state index contributed by atoms with van der Waals surface area (Å²) in [6, 6.07) is 18.1. The third kappa shape index (κ3) is 4.55. The fraction of sp³-hybridized carbons (Fsp3) is 0. The van der Waals surface area contributed by atoms with Crippen molar-refractivity contribution in [2.24, 2.45) is 0 Å². The first kappa shape index (κ1) is 23.1. The topological polar surface area (TPSA) is 73.7 Å². The maximum absolute atomic E-state index is 13.1. The summed E-state index contributed by atoms with van der Waals surface area (Å²) in [4.78, 5) is 29.0. The van der Waals surface area contributed by atoms with Crippen LogP contribution in [0, 0.1) is 11.3 Å². The van der Waals surface area contributed by atoms with Crippen LogP contribution in [0.4, 0.5) is 0 Å². The number of Topliss-reactive ketones (excluding diaryl/α,β-unsaturated/α-hetero) is 2. The lowest BCUT2D eigenvalue weighted by atomic mass is 10.0. The SMILES string of the molecule is N#C/C(C(=O)c1ccc(Cl)c(Cl)c1)=c1/[nH]/c(=C\C(=O)c2ccc(Cl)c(Cl)c2)c2ccccc12. The van der Waals surface area contributed by atoms with Gasteiger partial charge >= 0.3 is 0 Å². The Morgan fingerprint density at radius 3 is 1.97 bits per heavy atom. The van der Waals surface area contributed by atoms with Gasteiger partial charge in [-0.3, -0.25) is 9.59 Å². The summed E-state index contributed by atoms with van der Waals surface area (Å²) in [6.45, 7) is 0. The van der Waals surface area contributed by atoms with E-state index in [-0.39, 0.29) is 27.0 Å². The predicted molar refractivity (Wildman–Crippen MR) is 133 cm³/mol. The zero-order chi connectivity index (χ0) is 23.7. The van der Waals surface area contributed by atoms with Gasteiger partial charge < -0.3 is 4.98 Å². The average Bonchev–Trinajstić information content (AvgIpc) is 3.16. The quantitative estimate of drug-likeness (QED) is 0.340. The number of carbonyl (C=O) groups is 2. The van der Waals surface area contributed by atoms with Crippen LogP contribution in [0.25, 0.3) is 22.4 Å². The number of nitrogens with zero attached hydrogens (tertiary/aromatic N) is 1. The number of aromatic nitrogens is 1. The van der Waals surface area contributed by atoms with Crippen molar-refractivity contribution >= 4 is 80.4 Å². The highest BCUT2D eigenvalue weighted by molar-refractivity contribution is 6.43. The van der Waals surface area contributed by atoms with Gasteiger partial charge in [-0.2, -0.15) is 5.26 Å². The molecular formula is C25H12Cl4N2O2. The predicted octanol–water partition coefficient (Wildman–Crippen LogP) is 6.00. The van der Waals surface area contributed by atoms with Gasteiger partial charge in [0.2, 0.25) is 5.78 Å². The number of nitriles is 1. The molecule has 0 amide bonds. The van der Waals surface area contributed by atoms with E-state index < -0.39 is 5.78 Å². The monoisotopic (exact) mass is 512 g/mol. The summed E-state index contributed by atoms with van der Waals surface area (Å²) in [5.41, 5.74) is 0.448. The maximum atomic E-state index is 13.1. The number of aromatic amines is 1. The Labute approximate surface area is 208 Å². The Balaban J connectivity index is 1.93. The van der Waals surface area contributed by atoms with Crippen molar-refractivity contribution in [3.8, 4) is 6.07 Å². The van der Waals surface area contributed by atoms with E-state index in [1.807, 2.05) is 6.07 Å². The number of hydrogen-bond acceptors (Lipinski definition) is 3. The first-order chi connectivity index (χ1) is 15.8. The first-order valence-electron chi connectivity index (χ1n) is 9.52. The molecule has 1 N–H and O–H groups in total. The van der Waals surface area contributed by atoms with Crippen LogP contribution in [0.3, 0.4) is 0 Å². The second-order valence-electron chi connectivity index (χ2n) is 7.04. The highest BCUT2D eigenvalue weighted by Gasteiger charge is 2.17. The van der Waals surface area contributed by atoms with Crippen molar-refractivity contribution < 1.29 is 9.59 Å². The van der Waals surface area contributed by atoms with Gasteiger partial charge in [0, 0.05) is 28.0 Å². The summed E-state index contributed by atoms with van der Waals surface area (Å²) < 4.78 is 0. The van der Waals surface area contributed by atoms with Crippen LogP contribution < -0.4 is 10.7 Å². The molecule has 0 aliphatic carbocycles. The normalized spacial score (nSPS) is 12.5. The molecule has 4 rings (SSSR count). The van der Waals surface area contributed by atoms with Crippen LogP contribution in [-0.2, 0) is 0 Å². The van der Waals surface area contributed by atoms with Crippen molar-refractivity contribution in [2.75, 3.05) is 0 Å². The second-order valence-corrected chi connectivity index (χ2v) is 8.67. The molecule has 4 aromatic rings. The summed E-state index contributed by atoms with van der Waals surface area (Å²) in [7, 11) is 0.